The molecule has 3 rings (SSSR count). The molecule has 0 atom stereocenters. The second kappa shape index (κ2) is 8.39. The quantitative estimate of drug-likeness (QED) is 0.389. The normalized spacial score (nSPS) is 11.0. The lowest BCUT2D eigenvalue weighted by Crippen LogP contribution is -2.20. The summed E-state index contributed by atoms with van der Waals surface area (Å²) >= 11 is 0. The first kappa shape index (κ1) is 19.2. The van der Waals surface area contributed by atoms with Crippen LogP contribution < -0.4 is 14.9 Å². The Labute approximate surface area is 163 Å². The minimum atomic E-state index is -0.331. The first-order valence-corrected chi connectivity index (χ1v) is 8.74. The maximum Gasteiger partial charge on any atom is 0.290 e. The van der Waals surface area contributed by atoms with Crippen molar-refractivity contribution < 1.29 is 14.3 Å². The molecule has 0 fully saturated rings. The van der Waals surface area contributed by atoms with Crippen LogP contribution in [0.1, 0.15) is 27.3 Å². The number of methoxy groups -OCH3 is 1. The van der Waals surface area contributed by atoms with Crippen LogP contribution in [-0.4, -0.2) is 35.2 Å². The molecule has 7 heteroatoms. The monoisotopic (exact) mass is 378 g/mol. The number of hydrogen-bond acceptors (Lipinski definition) is 5. The number of amides is 1. The maximum atomic E-state index is 12.6. The third kappa shape index (κ3) is 4.03. The van der Waals surface area contributed by atoms with Crippen molar-refractivity contribution in [1.82, 2.24) is 14.8 Å². The van der Waals surface area contributed by atoms with E-state index in [1.54, 1.807) is 42.9 Å². The summed E-state index contributed by atoms with van der Waals surface area (Å²) in [5, 5.41) is 4.05. The highest BCUT2D eigenvalue weighted by Gasteiger charge is 2.16. The van der Waals surface area contributed by atoms with E-state index in [-0.39, 0.29) is 5.91 Å². The number of aryl methyl sites for hydroxylation is 2. The lowest BCUT2D eigenvalue weighted by atomic mass is 10.2. The molecule has 0 saturated carbocycles. The van der Waals surface area contributed by atoms with E-state index in [1.807, 2.05) is 31.3 Å². The smallest absolute Gasteiger partial charge is 0.290 e. The van der Waals surface area contributed by atoms with Gasteiger partial charge in [-0.25, -0.2) is 10.4 Å². The summed E-state index contributed by atoms with van der Waals surface area (Å²) < 4.78 is 12.6. The molecular weight excluding hydrogens is 356 g/mol. The zero-order valence-corrected chi connectivity index (χ0v) is 16.1. The van der Waals surface area contributed by atoms with E-state index in [2.05, 4.69) is 22.1 Å². The molecule has 1 aromatic carbocycles. The van der Waals surface area contributed by atoms with Crippen LogP contribution in [0.15, 0.2) is 54.3 Å². The van der Waals surface area contributed by atoms with Crippen molar-refractivity contribution in [1.29, 1.82) is 0 Å². The van der Waals surface area contributed by atoms with Gasteiger partial charge in [0.05, 0.1) is 19.0 Å². The summed E-state index contributed by atoms with van der Waals surface area (Å²) in [6.45, 7) is 7.79. The van der Waals surface area contributed by atoms with E-state index in [9.17, 15) is 4.79 Å². The molecule has 0 aliphatic rings. The van der Waals surface area contributed by atoms with Gasteiger partial charge in [0, 0.05) is 6.20 Å². The number of fused-ring (bicyclic) bond motifs is 1. The third-order valence-corrected chi connectivity index (χ3v) is 4.10. The Balaban J connectivity index is 1.75. The van der Waals surface area contributed by atoms with Crippen LogP contribution in [-0.2, 0) is 0 Å². The summed E-state index contributed by atoms with van der Waals surface area (Å²) in [4.78, 5) is 17.0. The fourth-order valence-corrected chi connectivity index (χ4v) is 2.79. The Hall–Kier alpha value is -3.61. The second-order valence-corrected chi connectivity index (χ2v) is 6.19. The van der Waals surface area contributed by atoms with Crippen LogP contribution in [0.2, 0.25) is 0 Å². The van der Waals surface area contributed by atoms with Crippen molar-refractivity contribution in [3.8, 4) is 11.5 Å². The molecular formula is C21H22N4O3. The van der Waals surface area contributed by atoms with E-state index in [1.165, 1.54) is 0 Å². The average Bonchev–Trinajstić information content (AvgIpc) is 3.01. The first-order valence-electron chi connectivity index (χ1n) is 8.74. The van der Waals surface area contributed by atoms with Crippen molar-refractivity contribution in [2.45, 2.75) is 13.8 Å². The maximum absolute atomic E-state index is 12.6. The molecule has 0 saturated heterocycles. The van der Waals surface area contributed by atoms with Crippen molar-refractivity contribution in [2.75, 3.05) is 13.7 Å². The lowest BCUT2D eigenvalue weighted by molar-refractivity contribution is 0.0948. The average molecular weight is 378 g/mol. The number of hydrogen-bond donors (Lipinski definition) is 1. The number of carbonyl (C=O) groups excluding carboxylic acids is 1. The number of nitrogens with one attached hydrogen (secondary N) is 1. The fraction of sp³-hybridized carbons (Fsp3) is 0.190. The van der Waals surface area contributed by atoms with Gasteiger partial charge in [-0.2, -0.15) is 5.10 Å². The zero-order valence-electron chi connectivity index (χ0n) is 16.1. The lowest BCUT2D eigenvalue weighted by Gasteiger charge is -2.09. The van der Waals surface area contributed by atoms with Gasteiger partial charge < -0.3 is 9.47 Å². The van der Waals surface area contributed by atoms with Crippen LogP contribution in [0.3, 0.4) is 0 Å². The second-order valence-electron chi connectivity index (χ2n) is 6.19. The molecule has 2 heterocycles. The number of rotatable bonds is 7. The Morgan fingerprint density at radius 1 is 1.29 bits per heavy atom. The summed E-state index contributed by atoms with van der Waals surface area (Å²) in [5.74, 6) is 0.855. The van der Waals surface area contributed by atoms with Gasteiger partial charge in [0.1, 0.15) is 17.9 Å². The Kier molecular flexibility index (Phi) is 5.74. The van der Waals surface area contributed by atoms with Gasteiger partial charge in [-0.15, -0.1) is 0 Å². The molecule has 1 amide bonds. The third-order valence-electron chi connectivity index (χ3n) is 4.10. The highest BCUT2D eigenvalue weighted by atomic mass is 16.5. The van der Waals surface area contributed by atoms with E-state index in [0.29, 0.717) is 29.5 Å². The molecule has 0 spiro atoms. The molecule has 144 valence electrons. The van der Waals surface area contributed by atoms with Crippen LogP contribution in [0.5, 0.6) is 11.5 Å². The molecule has 3 aromatic rings. The zero-order chi connectivity index (χ0) is 20.1. The summed E-state index contributed by atoms with van der Waals surface area (Å²) in [7, 11) is 1.56. The van der Waals surface area contributed by atoms with Crippen LogP contribution in [0.4, 0.5) is 0 Å². The minimum Gasteiger partial charge on any atom is -0.493 e. The molecule has 0 aliphatic heterocycles. The van der Waals surface area contributed by atoms with E-state index >= 15 is 0 Å². The highest BCUT2D eigenvalue weighted by molar-refractivity contribution is 5.95. The number of nitrogens with zero attached hydrogens (tertiary/aromatic N) is 3. The Morgan fingerprint density at radius 2 is 2.11 bits per heavy atom. The van der Waals surface area contributed by atoms with Gasteiger partial charge in [0.2, 0.25) is 0 Å². The number of imidazole rings is 1. The molecule has 2 aromatic heterocycles. The van der Waals surface area contributed by atoms with Gasteiger partial charge in [0.15, 0.2) is 11.5 Å². The number of benzene rings is 1. The van der Waals surface area contributed by atoms with Gasteiger partial charge in [0.25, 0.3) is 5.91 Å². The molecule has 0 bridgehead atoms. The largest absolute Gasteiger partial charge is 0.493 e. The Bertz CT molecular complexity index is 1050. The van der Waals surface area contributed by atoms with E-state index < -0.39 is 0 Å². The van der Waals surface area contributed by atoms with Crippen molar-refractivity contribution in [3.05, 3.63) is 71.7 Å². The van der Waals surface area contributed by atoms with Gasteiger partial charge in [-0.05, 0) is 55.3 Å². The number of pyridine rings is 1. The van der Waals surface area contributed by atoms with Crippen LogP contribution in [0, 0.1) is 13.8 Å². The van der Waals surface area contributed by atoms with Gasteiger partial charge in [-0.1, -0.05) is 12.7 Å². The predicted octanol–water partition coefficient (Wildman–Crippen LogP) is 3.29. The van der Waals surface area contributed by atoms with Crippen LogP contribution >= 0.6 is 0 Å². The molecule has 7 nitrogen and oxygen atoms in total. The number of carbonyl (C=O) groups is 1. The minimum absolute atomic E-state index is 0.331. The summed E-state index contributed by atoms with van der Waals surface area (Å²) in [5.41, 5.74) is 6.22. The molecule has 28 heavy (non-hydrogen) atoms. The number of ether oxygens (including phenoxy) is 2. The SMILES string of the molecule is C=CCOc1ccc(/C=N\NC(=O)c2c(C)nc3cc(C)ccn23)cc1OC. The standard InChI is InChI=1S/C21H22N4O3/c1-5-10-28-17-7-6-16(12-18(17)27-4)13-22-24-21(26)20-15(3)23-19-11-14(2)8-9-25(19)20/h5-9,11-13H,1,10H2,2-4H3,(H,24,26)/b22-13-. The Morgan fingerprint density at radius 3 is 2.86 bits per heavy atom. The fourth-order valence-electron chi connectivity index (χ4n) is 2.79. The van der Waals surface area contributed by atoms with Crippen molar-refractivity contribution >= 4 is 17.8 Å². The number of aromatic nitrogens is 2. The van der Waals surface area contributed by atoms with Crippen molar-refractivity contribution in [3.63, 3.8) is 0 Å². The van der Waals surface area contributed by atoms with Gasteiger partial charge >= 0.3 is 0 Å². The molecule has 1 N–H and O–H groups in total. The van der Waals surface area contributed by atoms with E-state index in [4.69, 9.17) is 9.47 Å². The van der Waals surface area contributed by atoms with Gasteiger partial charge in [-0.3, -0.25) is 9.20 Å². The summed E-state index contributed by atoms with van der Waals surface area (Å²) in [6.07, 6.45) is 5.03. The molecule has 0 unspecified atom stereocenters. The topological polar surface area (TPSA) is 77.2 Å². The molecule has 0 aliphatic carbocycles. The summed E-state index contributed by atoms with van der Waals surface area (Å²) in [6, 6.07) is 9.23. The predicted molar refractivity (Wildman–Crippen MR) is 108 cm³/mol. The number of hydrazone groups is 1. The van der Waals surface area contributed by atoms with E-state index in [0.717, 1.165) is 16.8 Å². The molecule has 0 radical (unpaired) electrons. The first-order chi connectivity index (χ1) is 13.5. The van der Waals surface area contributed by atoms with Crippen molar-refractivity contribution in [2.24, 2.45) is 5.10 Å². The van der Waals surface area contributed by atoms with Crippen LogP contribution in [0.25, 0.3) is 5.65 Å². The highest BCUT2D eigenvalue weighted by Crippen LogP contribution is 2.27.